The van der Waals surface area contributed by atoms with E-state index in [1.165, 1.54) is 18.5 Å². The minimum absolute atomic E-state index is 0.0486. The largest absolute Gasteiger partial charge is 0.299 e. The Bertz CT molecular complexity index is 1150. The first-order chi connectivity index (χ1) is 15.1. The van der Waals surface area contributed by atoms with Gasteiger partial charge in [0.15, 0.2) is 14.6 Å². The Morgan fingerprint density at radius 2 is 2.09 bits per heavy atom. The van der Waals surface area contributed by atoms with Gasteiger partial charge in [-0.15, -0.1) is 0 Å². The number of halogens is 1. The number of nitrogens with zero attached hydrogens (tertiary/aromatic N) is 1. The molecule has 0 bridgehead atoms. The minimum Gasteiger partial charge on any atom is -0.299 e. The fourth-order valence-electron chi connectivity index (χ4n) is 3.41. The smallest absolute Gasteiger partial charge is 0.264 e. The molecule has 2 aliphatic rings. The third-order valence-electron chi connectivity index (χ3n) is 6.05. The summed E-state index contributed by atoms with van der Waals surface area (Å²) >= 11 is 0. The molecule has 1 saturated carbocycles. The Morgan fingerprint density at radius 3 is 2.66 bits per heavy atom. The molecule has 0 radical (unpaired) electrons. The van der Waals surface area contributed by atoms with Crippen molar-refractivity contribution in [1.82, 2.24) is 10.4 Å². The molecule has 3 rings (SSSR count). The average Bonchev–Trinajstić information content (AvgIpc) is 3.59. The molecular weight excluding hydrogens is 431 g/mol. The molecule has 0 aromatic heterocycles. The Balaban J connectivity index is 1.62. The van der Waals surface area contributed by atoms with Crippen LogP contribution in [0, 0.1) is 35.4 Å². The van der Waals surface area contributed by atoms with Crippen LogP contribution in [0.2, 0.25) is 0 Å². The van der Waals surface area contributed by atoms with Gasteiger partial charge in [0.1, 0.15) is 5.82 Å². The molecule has 8 heteroatoms. The van der Waals surface area contributed by atoms with E-state index < -0.39 is 20.5 Å². The number of hydroxylamine groups is 1. The molecule has 170 valence electrons. The quantitative estimate of drug-likeness (QED) is 0.388. The van der Waals surface area contributed by atoms with Gasteiger partial charge >= 0.3 is 0 Å². The topological polar surface area (TPSA) is 86.7 Å². The number of nitrogens with one attached hydrogen (secondary N) is 1. The fraction of sp³-hybridized carbons (Fsp3) is 0.458. The van der Waals surface area contributed by atoms with Crippen molar-refractivity contribution in [2.24, 2.45) is 5.92 Å². The molecule has 1 atom stereocenters. The molecule has 1 aromatic rings. The highest BCUT2D eigenvalue weighted by molar-refractivity contribution is 7.92. The summed E-state index contributed by atoms with van der Waals surface area (Å²) in [5, 5.41) is 8.93. The number of rotatable bonds is 6. The van der Waals surface area contributed by atoms with Crippen LogP contribution in [0.3, 0.4) is 0 Å². The summed E-state index contributed by atoms with van der Waals surface area (Å²) in [5.41, 5.74) is 3.58. The first-order valence-corrected chi connectivity index (χ1v) is 12.4. The van der Waals surface area contributed by atoms with Crippen molar-refractivity contribution < 1.29 is 22.8 Å². The highest BCUT2D eigenvalue weighted by Crippen LogP contribution is 2.28. The highest BCUT2D eigenvalue weighted by Gasteiger charge is 2.43. The van der Waals surface area contributed by atoms with Crippen molar-refractivity contribution in [3.8, 4) is 23.7 Å². The predicted octanol–water partition coefficient (Wildman–Crippen LogP) is 2.38. The third kappa shape index (κ3) is 5.77. The van der Waals surface area contributed by atoms with E-state index in [4.69, 9.17) is 5.21 Å². The zero-order chi connectivity index (χ0) is 23.4. The monoisotopic (exact) mass is 458 g/mol. The van der Waals surface area contributed by atoms with Gasteiger partial charge in [-0.3, -0.25) is 14.9 Å². The van der Waals surface area contributed by atoms with E-state index >= 15 is 0 Å². The molecule has 6 nitrogen and oxygen atoms in total. The van der Waals surface area contributed by atoms with E-state index in [-0.39, 0.29) is 12.2 Å². The zero-order valence-electron chi connectivity index (χ0n) is 18.2. The maximum atomic E-state index is 14.4. The summed E-state index contributed by atoms with van der Waals surface area (Å²) in [4.78, 5) is 14.0. The second-order valence-corrected chi connectivity index (χ2v) is 10.9. The van der Waals surface area contributed by atoms with Gasteiger partial charge in [-0.25, -0.2) is 18.3 Å². The summed E-state index contributed by atoms with van der Waals surface area (Å²) in [6.07, 6.45) is 5.93. The number of amides is 1. The Hall–Kier alpha value is -2.65. The molecule has 1 fully saturated rings. The molecule has 2 N–H and O–H groups in total. The number of benzene rings is 1. The van der Waals surface area contributed by atoms with Gasteiger partial charge in [0, 0.05) is 31.8 Å². The predicted molar refractivity (Wildman–Crippen MR) is 121 cm³/mol. The molecule has 0 spiro atoms. The maximum Gasteiger partial charge on any atom is 0.264 e. The second-order valence-electron chi connectivity index (χ2n) is 8.46. The lowest BCUT2D eigenvalue weighted by molar-refractivity contribution is -0.131. The molecule has 1 aliphatic heterocycles. The van der Waals surface area contributed by atoms with E-state index in [2.05, 4.69) is 23.7 Å². The van der Waals surface area contributed by atoms with Crippen molar-refractivity contribution in [3.05, 3.63) is 41.2 Å². The molecule has 32 heavy (non-hydrogen) atoms. The lowest BCUT2D eigenvalue weighted by atomic mass is 9.97. The normalized spacial score (nSPS) is 18.3. The van der Waals surface area contributed by atoms with Crippen molar-refractivity contribution in [1.29, 1.82) is 0 Å². The Kier molecular flexibility index (Phi) is 7.40. The van der Waals surface area contributed by atoms with Crippen LogP contribution < -0.4 is 5.48 Å². The Morgan fingerprint density at radius 1 is 1.34 bits per heavy atom. The van der Waals surface area contributed by atoms with E-state index in [1.54, 1.807) is 6.07 Å². The Labute approximate surface area is 188 Å². The number of hydrogen-bond donors (Lipinski definition) is 2. The average molecular weight is 459 g/mol. The standard InChI is InChI=1S/C24H27FN2O4S/c1-24(23(28)26-29,32(2,30)31)13-16-27-14-11-19(12-15-27)21-10-9-20(22(25)17-21)6-4-3-5-18-7-8-18/h9-11,17-18,29H,7-8,12-16H2,1-2H3,(H,26,28). The first kappa shape index (κ1) is 24.0. The van der Waals surface area contributed by atoms with Gasteiger partial charge in [-0.05, 0) is 73.6 Å². The third-order valence-corrected chi connectivity index (χ3v) is 8.08. The van der Waals surface area contributed by atoms with E-state index in [0.29, 0.717) is 37.5 Å². The van der Waals surface area contributed by atoms with E-state index in [1.807, 2.05) is 17.0 Å². The van der Waals surface area contributed by atoms with Crippen LogP contribution in [0.15, 0.2) is 24.3 Å². The summed E-state index contributed by atoms with van der Waals surface area (Å²) in [5.74, 6) is 10.4. The molecule has 1 amide bonds. The van der Waals surface area contributed by atoms with Crippen LogP contribution in [-0.4, -0.2) is 55.1 Å². The van der Waals surface area contributed by atoms with Crippen LogP contribution >= 0.6 is 0 Å². The summed E-state index contributed by atoms with van der Waals surface area (Å²) < 4.78 is 36.9. The lowest BCUT2D eigenvalue weighted by Crippen LogP contribution is -2.51. The number of sulfone groups is 1. The molecule has 1 aliphatic carbocycles. The number of carbonyl (C=O) groups excluding carboxylic acids is 1. The summed E-state index contributed by atoms with van der Waals surface area (Å²) in [7, 11) is -3.72. The molecular formula is C24H27FN2O4S. The van der Waals surface area contributed by atoms with Gasteiger partial charge in [0.05, 0.1) is 5.56 Å². The van der Waals surface area contributed by atoms with Crippen LogP contribution in [-0.2, 0) is 14.6 Å². The van der Waals surface area contributed by atoms with Gasteiger partial charge in [0.25, 0.3) is 5.91 Å². The van der Waals surface area contributed by atoms with Crippen molar-refractivity contribution in [3.63, 3.8) is 0 Å². The molecule has 1 heterocycles. The summed E-state index contributed by atoms with van der Waals surface area (Å²) in [6, 6.07) is 4.98. The van der Waals surface area contributed by atoms with Gasteiger partial charge in [-0.1, -0.05) is 18.1 Å². The van der Waals surface area contributed by atoms with Gasteiger partial charge in [-0.2, -0.15) is 0 Å². The van der Waals surface area contributed by atoms with Crippen molar-refractivity contribution in [2.75, 3.05) is 25.9 Å². The maximum absolute atomic E-state index is 14.4. The SMILES string of the molecule is CC(CCN1CC=C(c2ccc(C#CC#CC3CC3)c(F)c2)CC1)(C(=O)NO)S(C)(=O)=O. The lowest BCUT2D eigenvalue weighted by Gasteiger charge is -2.31. The fourth-order valence-corrected chi connectivity index (χ4v) is 4.26. The van der Waals surface area contributed by atoms with Gasteiger partial charge in [0.2, 0.25) is 0 Å². The first-order valence-electron chi connectivity index (χ1n) is 10.5. The molecule has 1 unspecified atom stereocenters. The van der Waals surface area contributed by atoms with Crippen LogP contribution in [0.25, 0.3) is 5.57 Å². The second kappa shape index (κ2) is 9.87. The van der Waals surface area contributed by atoms with Gasteiger partial charge < -0.3 is 0 Å². The number of hydrogen-bond acceptors (Lipinski definition) is 5. The van der Waals surface area contributed by atoms with E-state index in [0.717, 1.165) is 30.2 Å². The van der Waals surface area contributed by atoms with Crippen LogP contribution in [0.5, 0.6) is 0 Å². The van der Waals surface area contributed by atoms with E-state index in [9.17, 15) is 17.6 Å². The minimum atomic E-state index is -3.72. The zero-order valence-corrected chi connectivity index (χ0v) is 19.1. The van der Waals surface area contributed by atoms with Crippen LogP contribution in [0.1, 0.15) is 43.7 Å². The highest BCUT2D eigenvalue weighted by atomic mass is 32.2. The molecule has 0 saturated heterocycles. The summed E-state index contributed by atoms with van der Waals surface area (Å²) in [6.45, 7) is 2.87. The number of carbonyl (C=O) groups is 1. The molecule has 1 aromatic carbocycles. The van der Waals surface area contributed by atoms with Crippen LogP contribution in [0.4, 0.5) is 4.39 Å². The van der Waals surface area contributed by atoms with Crippen molar-refractivity contribution >= 4 is 21.3 Å². The van der Waals surface area contributed by atoms with Crippen molar-refractivity contribution in [2.45, 2.75) is 37.4 Å².